The van der Waals surface area contributed by atoms with E-state index in [1.54, 1.807) is 19.1 Å². The standard InChI is InChI=1S/C23H22N2O5S/c1-15-14-31-22-19(24-18(26)13-29-17-10-6-3-7-11-17)21(27)25(22)20(15)23(28)30-12-16-8-4-2-5-9-16/h2-11,14,19-20,22H,12-13H2,1H3,(H,24,26)/t19?,20?,22-/m0/s1. The fourth-order valence-electron chi connectivity index (χ4n) is 3.49. The maximum absolute atomic E-state index is 12.8. The number of carbonyl (C=O) groups is 3. The van der Waals surface area contributed by atoms with Crippen LogP contribution in [-0.2, 0) is 25.7 Å². The smallest absolute Gasteiger partial charge is 0.333 e. The lowest BCUT2D eigenvalue weighted by Gasteiger charge is -2.51. The Kier molecular flexibility index (Phi) is 6.27. The first kappa shape index (κ1) is 21.0. The van der Waals surface area contributed by atoms with Gasteiger partial charge in [-0.25, -0.2) is 4.79 Å². The number of rotatable bonds is 7. The van der Waals surface area contributed by atoms with Gasteiger partial charge in [-0.2, -0.15) is 0 Å². The molecule has 0 aliphatic carbocycles. The minimum absolute atomic E-state index is 0.139. The van der Waals surface area contributed by atoms with E-state index in [0.29, 0.717) is 5.75 Å². The highest BCUT2D eigenvalue weighted by Gasteiger charge is 2.55. The SMILES string of the molecule is CC1=CS[C@H]2C(NC(=O)COc3ccccc3)C(=O)N2C1C(=O)OCc1ccccc1. The molecule has 2 aliphatic rings. The number of carbonyl (C=O) groups excluding carboxylic acids is 3. The van der Waals surface area contributed by atoms with Crippen LogP contribution in [0.3, 0.4) is 0 Å². The monoisotopic (exact) mass is 438 g/mol. The summed E-state index contributed by atoms with van der Waals surface area (Å²) in [5, 5.41) is 4.20. The minimum Gasteiger partial charge on any atom is -0.484 e. The van der Waals surface area contributed by atoms with Crippen molar-refractivity contribution >= 4 is 29.5 Å². The first-order chi connectivity index (χ1) is 15.0. The molecule has 0 radical (unpaired) electrons. The molecular formula is C23H22N2O5S. The molecule has 2 aromatic carbocycles. The van der Waals surface area contributed by atoms with Crippen molar-refractivity contribution in [2.45, 2.75) is 31.0 Å². The van der Waals surface area contributed by atoms with Gasteiger partial charge < -0.3 is 19.7 Å². The molecule has 1 saturated heterocycles. The first-order valence-corrected chi connectivity index (χ1v) is 10.8. The Hall–Kier alpha value is -3.26. The Balaban J connectivity index is 1.34. The van der Waals surface area contributed by atoms with Crippen LogP contribution >= 0.6 is 11.8 Å². The van der Waals surface area contributed by atoms with E-state index in [9.17, 15) is 14.4 Å². The largest absolute Gasteiger partial charge is 0.484 e. The number of benzene rings is 2. The van der Waals surface area contributed by atoms with Gasteiger partial charge in [-0.1, -0.05) is 48.5 Å². The van der Waals surface area contributed by atoms with Gasteiger partial charge in [-0.3, -0.25) is 9.59 Å². The molecule has 0 bridgehead atoms. The summed E-state index contributed by atoms with van der Waals surface area (Å²) < 4.78 is 10.9. The number of ether oxygens (including phenoxy) is 2. The van der Waals surface area contributed by atoms with Gasteiger partial charge in [0.2, 0.25) is 5.91 Å². The molecule has 2 heterocycles. The van der Waals surface area contributed by atoms with E-state index in [4.69, 9.17) is 9.47 Å². The number of para-hydroxylation sites is 1. The maximum Gasteiger partial charge on any atom is 0.333 e. The average molecular weight is 439 g/mol. The number of hydrogen-bond donors (Lipinski definition) is 1. The lowest BCUT2D eigenvalue weighted by Crippen LogP contribution is -2.74. The number of esters is 1. The van der Waals surface area contributed by atoms with Crippen molar-refractivity contribution in [3.05, 3.63) is 77.2 Å². The number of amides is 2. The van der Waals surface area contributed by atoms with E-state index in [1.165, 1.54) is 16.7 Å². The third-order valence-electron chi connectivity index (χ3n) is 5.06. The van der Waals surface area contributed by atoms with Gasteiger partial charge in [0.25, 0.3) is 5.91 Å². The van der Waals surface area contributed by atoms with E-state index >= 15 is 0 Å². The Bertz CT molecular complexity index is 996. The van der Waals surface area contributed by atoms with Crippen molar-refractivity contribution in [1.82, 2.24) is 10.2 Å². The minimum atomic E-state index is -0.781. The second-order valence-electron chi connectivity index (χ2n) is 7.28. The second kappa shape index (κ2) is 9.26. The first-order valence-electron chi connectivity index (χ1n) is 9.86. The van der Waals surface area contributed by atoms with Crippen LogP contribution in [0.25, 0.3) is 0 Å². The van der Waals surface area contributed by atoms with Crippen LogP contribution in [0.5, 0.6) is 5.75 Å². The molecule has 0 aromatic heterocycles. The van der Waals surface area contributed by atoms with Gasteiger partial charge >= 0.3 is 5.97 Å². The molecule has 31 heavy (non-hydrogen) atoms. The molecule has 4 rings (SSSR count). The zero-order valence-electron chi connectivity index (χ0n) is 16.9. The zero-order valence-corrected chi connectivity index (χ0v) is 17.7. The van der Waals surface area contributed by atoms with E-state index < -0.39 is 24.0 Å². The van der Waals surface area contributed by atoms with Gasteiger partial charge in [-0.05, 0) is 35.6 Å². The number of fused-ring (bicyclic) bond motifs is 1. The Labute approximate surface area is 184 Å². The number of nitrogens with one attached hydrogen (secondary N) is 1. The quantitative estimate of drug-likeness (QED) is 0.528. The van der Waals surface area contributed by atoms with Gasteiger partial charge in [-0.15, -0.1) is 11.8 Å². The topological polar surface area (TPSA) is 84.9 Å². The molecule has 160 valence electrons. The predicted molar refractivity (Wildman–Crippen MR) is 116 cm³/mol. The highest BCUT2D eigenvalue weighted by Crippen LogP contribution is 2.40. The van der Waals surface area contributed by atoms with Crippen molar-refractivity contribution in [3.63, 3.8) is 0 Å². The maximum atomic E-state index is 12.8. The molecule has 2 aliphatic heterocycles. The number of hydrogen-bond acceptors (Lipinski definition) is 6. The van der Waals surface area contributed by atoms with Gasteiger partial charge in [0, 0.05) is 0 Å². The summed E-state index contributed by atoms with van der Waals surface area (Å²) in [7, 11) is 0. The summed E-state index contributed by atoms with van der Waals surface area (Å²) >= 11 is 1.40. The third-order valence-corrected chi connectivity index (χ3v) is 6.35. The molecule has 0 saturated carbocycles. The van der Waals surface area contributed by atoms with E-state index in [0.717, 1.165) is 11.1 Å². The van der Waals surface area contributed by atoms with Gasteiger partial charge in [0.05, 0.1) is 0 Å². The zero-order chi connectivity index (χ0) is 21.8. The highest BCUT2D eigenvalue weighted by molar-refractivity contribution is 8.02. The predicted octanol–water partition coefficient (Wildman–Crippen LogP) is 2.48. The molecule has 7 nitrogen and oxygen atoms in total. The molecule has 2 unspecified atom stereocenters. The number of β-lactam (4-membered cyclic amide) rings is 1. The second-order valence-corrected chi connectivity index (χ2v) is 8.27. The average Bonchev–Trinajstić information content (AvgIpc) is 2.80. The molecule has 8 heteroatoms. The van der Waals surface area contributed by atoms with Crippen LogP contribution in [0.15, 0.2) is 71.6 Å². The van der Waals surface area contributed by atoms with Crippen LogP contribution in [-0.4, -0.2) is 46.7 Å². The van der Waals surface area contributed by atoms with E-state index in [-0.39, 0.29) is 24.5 Å². The van der Waals surface area contributed by atoms with Crippen LogP contribution in [0, 0.1) is 0 Å². The number of nitrogens with zero attached hydrogens (tertiary/aromatic N) is 1. The summed E-state index contributed by atoms with van der Waals surface area (Å²) in [5.41, 5.74) is 1.61. The van der Waals surface area contributed by atoms with Crippen molar-refractivity contribution < 1.29 is 23.9 Å². The summed E-state index contributed by atoms with van der Waals surface area (Å²) in [6, 6.07) is 16.9. The van der Waals surface area contributed by atoms with Crippen LogP contribution in [0.1, 0.15) is 12.5 Å². The van der Waals surface area contributed by atoms with Crippen molar-refractivity contribution in [2.75, 3.05) is 6.61 Å². The normalized spacial score (nSPS) is 22.0. The summed E-state index contributed by atoms with van der Waals surface area (Å²) in [6.07, 6.45) is 0. The molecular weight excluding hydrogens is 416 g/mol. The van der Waals surface area contributed by atoms with Crippen LogP contribution in [0.2, 0.25) is 0 Å². The summed E-state index contributed by atoms with van der Waals surface area (Å²) in [4.78, 5) is 39.2. The van der Waals surface area contributed by atoms with E-state index in [1.807, 2.05) is 53.9 Å². The van der Waals surface area contributed by atoms with Crippen molar-refractivity contribution in [1.29, 1.82) is 0 Å². The highest BCUT2D eigenvalue weighted by atomic mass is 32.2. The summed E-state index contributed by atoms with van der Waals surface area (Å²) in [6.45, 7) is 1.74. The Morgan fingerprint density at radius 1 is 1.06 bits per heavy atom. The fraction of sp³-hybridized carbons (Fsp3) is 0.261. The van der Waals surface area contributed by atoms with Crippen LogP contribution in [0.4, 0.5) is 0 Å². The number of thioether (sulfide) groups is 1. The molecule has 3 atom stereocenters. The molecule has 2 amide bonds. The van der Waals surface area contributed by atoms with Crippen molar-refractivity contribution in [2.24, 2.45) is 0 Å². The van der Waals surface area contributed by atoms with Crippen LogP contribution < -0.4 is 10.1 Å². The fourth-order valence-corrected chi connectivity index (χ4v) is 4.67. The Morgan fingerprint density at radius 2 is 1.74 bits per heavy atom. The van der Waals surface area contributed by atoms with E-state index in [2.05, 4.69) is 5.32 Å². The molecule has 2 aromatic rings. The summed E-state index contributed by atoms with van der Waals surface area (Å²) in [5.74, 6) is -0.601. The van der Waals surface area contributed by atoms with Gasteiger partial charge in [0.15, 0.2) is 12.6 Å². The van der Waals surface area contributed by atoms with Gasteiger partial charge in [0.1, 0.15) is 23.8 Å². The third kappa shape index (κ3) is 4.59. The molecule has 1 fully saturated rings. The lowest BCUT2D eigenvalue weighted by molar-refractivity contribution is -0.164. The molecule has 0 spiro atoms. The molecule has 1 N–H and O–H groups in total. The Morgan fingerprint density at radius 3 is 2.45 bits per heavy atom. The van der Waals surface area contributed by atoms with Crippen molar-refractivity contribution in [3.8, 4) is 5.75 Å². The lowest BCUT2D eigenvalue weighted by atomic mass is 9.99.